The number of alkyl halides is 3. The molecule has 0 unspecified atom stereocenters. The van der Waals surface area contributed by atoms with Crippen molar-refractivity contribution in [2.24, 2.45) is 0 Å². The predicted octanol–water partition coefficient (Wildman–Crippen LogP) is 5.31. The van der Waals surface area contributed by atoms with E-state index in [1.54, 1.807) is 37.6 Å². The number of anilines is 5. The zero-order valence-corrected chi connectivity index (χ0v) is 22.1. The van der Waals surface area contributed by atoms with Gasteiger partial charge in [0.1, 0.15) is 31.0 Å². The minimum absolute atomic E-state index is 0.00125. The van der Waals surface area contributed by atoms with Crippen LogP contribution in [0, 0.1) is 0 Å². The summed E-state index contributed by atoms with van der Waals surface area (Å²) in [6.45, 7) is 5.71. The largest absolute Gasteiger partial charge is 0.489 e. The van der Waals surface area contributed by atoms with E-state index in [-0.39, 0.29) is 28.8 Å². The highest BCUT2D eigenvalue weighted by molar-refractivity contribution is 7.70. The van der Waals surface area contributed by atoms with E-state index in [0.29, 0.717) is 42.2 Å². The summed E-state index contributed by atoms with van der Waals surface area (Å²) in [6, 6.07) is 12.5. The number of nitrogens with one attached hydrogen (secondary N) is 3. The zero-order chi connectivity index (χ0) is 27.4. The first kappa shape index (κ1) is 25.5. The normalized spacial score (nSPS) is 17.4. The molecular formula is C26H26F3N6O3P. The summed E-state index contributed by atoms with van der Waals surface area (Å²) in [4.78, 5) is 13.6. The molecule has 2 aromatic carbocycles. The van der Waals surface area contributed by atoms with Crippen LogP contribution in [-0.2, 0) is 15.5 Å². The predicted molar refractivity (Wildman–Crippen MR) is 145 cm³/mol. The third-order valence-electron chi connectivity index (χ3n) is 6.76. The molecule has 13 heteroatoms. The lowest BCUT2D eigenvalue weighted by Crippen LogP contribution is -2.51. The van der Waals surface area contributed by atoms with Crippen LogP contribution < -0.4 is 25.6 Å². The molecule has 6 rings (SSSR count). The second-order valence-electron chi connectivity index (χ2n) is 9.85. The quantitative estimate of drug-likeness (QED) is 0.283. The zero-order valence-electron chi connectivity index (χ0n) is 21.2. The molecule has 3 N–H and O–H groups in total. The van der Waals surface area contributed by atoms with E-state index in [1.807, 2.05) is 18.2 Å². The van der Waals surface area contributed by atoms with Crippen molar-refractivity contribution in [2.75, 3.05) is 55.2 Å². The van der Waals surface area contributed by atoms with Crippen molar-refractivity contribution >= 4 is 52.3 Å². The molecule has 0 bridgehead atoms. The molecule has 204 valence electrons. The number of aromatic nitrogens is 3. The second-order valence-corrected chi connectivity index (χ2v) is 13.0. The molecule has 0 spiro atoms. The molecule has 2 aromatic heterocycles. The molecule has 4 heterocycles. The first-order valence-electron chi connectivity index (χ1n) is 12.3. The summed E-state index contributed by atoms with van der Waals surface area (Å²) in [5, 5.41) is 6.39. The molecule has 4 aromatic rings. The highest BCUT2D eigenvalue weighted by Crippen LogP contribution is 2.42. The molecule has 2 aliphatic heterocycles. The molecule has 1 atom stereocenters. The van der Waals surface area contributed by atoms with E-state index >= 15 is 0 Å². The Morgan fingerprint density at radius 1 is 1.10 bits per heavy atom. The van der Waals surface area contributed by atoms with Gasteiger partial charge in [-0.1, -0.05) is 12.1 Å². The van der Waals surface area contributed by atoms with Gasteiger partial charge in [0.2, 0.25) is 5.95 Å². The van der Waals surface area contributed by atoms with Crippen LogP contribution in [0.15, 0.2) is 48.7 Å². The lowest BCUT2D eigenvalue weighted by molar-refractivity contribution is -0.136. The van der Waals surface area contributed by atoms with E-state index in [0.717, 1.165) is 18.4 Å². The summed E-state index contributed by atoms with van der Waals surface area (Å²) < 4.78 is 66.0. The van der Waals surface area contributed by atoms with Gasteiger partial charge in [-0.2, -0.15) is 23.1 Å². The maximum absolute atomic E-state index is 13.9. The lowest BCUT2D eigenvalue weighted by atomic mass is 10.1. The average Bonchev–Trinajstić information content (AvgIpc) is 3.33. The maximum Gasteiger partial charge on any atom is 0.418 e. The Hall–Kier alpha value is -3.76. The minimum atomic E-state index is -4.63. The molecule has 0 radical (unpaired) electrons. The fourth-order valence-corrected chi connectivity index (χ4v) is 6.10. The molecule has 2 aliphatic rings. The first-order valence-corrected chi connectivity index (χ1v) is 14.9. The second kappa shape index (κ2) is 9.46. The van der Waals surface area contributed by atoms with Crippen molar-refractivity contribution in [2.45, 2.75) is 12.2 Å². The third-order valence-corrected chi connectivity index (χ3v) is 8.31. The van der Waals surface area contributed by atoms with Gasteiger partial charge in [-0.25, -0.2) is 0 Å². The Morgan fingerprint density at radius 2 is 1.92 bits per heavy atom. The fraction of sp³-hybridized carbons (Fsp3) is 0.308. The minimum Gasteiger partial charge on any atom is -0.489 e. The molecular weight excluding hydrogens is 532 g/mol. The molecule has 1 saturated heterocycles. The lowest BCUT2D eigenvalue weighted by Gasteiger charge is -2.41. The van der Waals surface area contributed by atoms with Crippen molar-refractivity contribution in [3.63, 3.8) is 0 Å². The van der Waals surface area contributed by atoms with Crippen LogP contribution in [-0.4, -0.2) is 60.7 Å². The third kappa shape index (κ3) is 4.90. The number of ether oxygens (including phenoxy) is 2. The molecule has 1 fully saturated rings. The highest BCUT2D eigenvalue weighted by Gasteiger charge is 2.36. The van der Waals surface area contributed by atoms with Gasteiger partial charge in [-0.05, 0) is 37.6 Å². The van der Waals surface area contributed by atoms with Crippen LogP contribution in [0.3, 0.4) is 0 Å². The molecule has 0 aliphatic carbocycles. The Kier molecular flexibility index (Phi) is 6.19. The Bertz CT molecular complexity index is 1600. The van der Waals surface area contributed by atoms with Crippen molar-refractivity contribution in [3.8, 4) is 5.75 Å². The van der Waals surface area contributed by atoms with E-state index in [1.165, 1.54) is 0 Å². The summed E-state index contributed by atoms with van der Waals surface area (Å²) in [6.07, 6.45) is -3.76. The number of fused-ring (bicyclic) bond motifs is 4. The molecule has 0 saturated carbocycles. The number of halogens is 3. The smallest absolute Gasteiger partial charge is 0.418 e. The van der Waals surface area contributed by atoms with E-state index < -0.39 is 18.9 Å². The maximum atomic E-state index is 13.9. The number of hydrogen-bond donors (Lipinski definition) is 3. The average molecular weight is 559 g/mol. The highest BCUT2D eigenvalue weighted by atomic mass is 31.2. The summed E-state index contributed by atoms with van der Waals surface area (Å²) in [5.74, 6) is 0.698. The number of benzene rings is 2. The van der Waals surface area contributed by atoms with E-state index in [9.17, 15) is 17.7 Å². The van der Waals surface area contributed by atoms with E-state index in [4.69, 9.17) is 9.47 Å². The number of H-pyrrole nitrogens is 1. The van der Waals surface area contributed by atoms with Gasteiger partial charge in [0, 0.05) is 29.8 Å². The number of morpholine rings is 1. The Labute approximate surface area is 222 Å². The van der Waals surface area contributed by atoms with Gasteiger partial charge < -0.3 is 34.6 Å². The van der Waals surface area contributed by atoms with Gasteiger partial charge in [0.05, 0.1) is 41.6 Å². The van der Waals surface area contributed by atoms with Gasteiger partial charge in [0.25, 0.3) is 0 Å². The number of para-hydroxylation sites is 1. The first-order chi connectivity index (χ1) is 18.6. The number of rotatable bonds is 5. The summed E-state index contributed by atoms with van der Waals surface area (Å²) >= 11 is 0. The Balaban J connectivity index is 1.39. The number of nitrogens with zero attached hydrogens (tertiary/aromatic N) is 3. The van der Waals surface area contributed by atoms with Crippen LogP contribution >= 0.6 is 7.14 Å². The monoisotopic (exact) mass is 558 g/mol. The van der Waals surface area contributed by atoms with Crippen molar-refractivity contribution < 1.29 is 27.2 Å². The molecule has 9 nitrogen and oxygen atoms in total. The summed E-state index contributed by atoms with van der Waals surface area (Å²) in [7, 11) is -2.75. The number of aromatic amines is 1. The van der Waals surface area contributed by atoms with Crippen LogP contribution in [0.25, 0.3) is 11.0 Å². The molecule has 39 heavy (non-hydrogen) atoms. The Morgan fingerprint density at radius 3 is 2.72 bits per heavy atom. The molecule has 0 amide bonds. The van der Waals surface area contributed by atoms with Crippen molar-refractivity contribution in [3.05, 3.63) is 54.2 Å². The van der Waals surface area contributed by atoms with Crippen molar-refractivity contribution in [1.29, 1.82) is 0 Å². The standard InChI is InChI=1S/C26H26F3N6O3P/c1-39(2,36)21-6-4-3-5-18(21)32-24-22-17(26(27,28)29)12-30-23(22)33-25(34-24)31-15-7-8-19-20(11-15)38-14-16-13-37-10-9-35(16)19/h3-8,11-12,16H,9-10,13-14H2,1-2H3,(H3,30,31,32,33,34)/t16-/m1/s1. The van der Waals surface area contributed by atoms with Crippen LogP contribution in [0.1, 0.15) is 5.56 Å². The van der Waals surface area contributed by atoms with Gasteiger partial charge in [-0.3, -0.25) is 0 Å². The van der Waals surface area contributed by atoms with Crippen LogP contribution in [0.5, 0.6) is 5.75 Å². The van der Waals surface area contributed by atoms with Crippen LogP contribution in [0.2, 0.25) is 0 Å². The van der Waals surface area contributed by atoms with Gasteiger partial charge in [-0.15, -0.1) is 0 Å². The number of hydrogen-bond acceptors (Lipinski definition) is 8. The van der Waals surface area contributed by atoms with Crippen LogP contribution in [0.4, 0.5) is 42.0 Å². The topological polar surface area (TPSA) is 104 Å². The summed E-state index contributed by atoms with van der Waals surface area (Å²) in [5.41, 5.74) is 1.08. The van der Waals surface area contributed by atoms with Gasteiger partial charge in [0.15, 0.2) is 0 Å². The van der Waals surface area contributed by atoms with Crippen molar-refractivity contribution in [1.82, 2.24) is 15.0 Å². The fourth-order valence-electron chi connectivity index (χ4n) is 4.95. The SMILES string of the molecule is CP(C)(=O)c1ccccc1Nc1nc(Nc2ccc3c(c2)OC[C@H]2COCCN32)nc2[nH]cc(C(F)(F)F)c12. The van der Waals surface area contributed by atoms with Gasteiger partial charge >= 0.3 is 6.18 Å². The van der Waals surface area contributed by atoms with E-state index in [2.05, 4.69) is 30.5 Å².